The van der Waals surface area contributed by atoms with Crippen molar-refractivity contribution in [2.45, 2.75) is 38.0 Å². The number of nitro benzene ring substituents is 2. The quantitative estimate of drug-likeness (QED) is 0.452. The number of non-ortho nitro benzene ring substituents is 1. The molecule has 8 nitrogen and oxygen atoms in total. The summed E-state index contributed by atoms with van der Waals surface area (Å²) in [7, 11) is 0. The normalized spacial score (nSPS) is 18.7. The average molecular weight is 368 g/mol. The molecule has 2 aromatic carbocycles. The lowest BCUT2D eigenvalue weighted by atomic mass is 9.90. The topological polar surface area (TPSA) is 111 Å². The third kappa shape index (κ3) is 4.46. The zero-order chi connectivity index (χ0) is 19.2. The maximum atomic E-state index is 11.3. The molecule has 8 heteroatoms. The van der Waals surface area contributed by atoms with Crippen molar-refractivity contribution in [1.29, 1.82) is 0 Å². The van der Waals surface area contributed by atoms with E-state index in [-0.39, 0.29) is 23.0 Å². The van der Waals surface area contributed by atoms with Gasteiger partial charge >= 0.3 is 5.69 Å². The van der Waals surface area contributed by atoms with Gasteiger partial charge in [0, 0.05) is 17.7 Å². The highest BCUT2D eigenvalue weighted by Gasteiger charge is 2.23. The molecule has 0 spiro atoms. The van der Waals surface area contributed by atoms with Crippen LogP contribution in [0, 0.1) is 20.2 Å². The lowest BCUT2D eigenvalue weighted by Gasteiger charge is -2.17. The predicted molar refractivity (Wildman–Crippen MR) is 103 cm³/mol. The number of rotatable bonds is 5. The molecule has 140 valence electrons. The number of benzene rings is 2. The highest BCUT2D eigenvalue weighted by atomic mass is 16.6. The number of anilines is 1. The Morgan fingerprint density at radius 3 is 2.44 bits per heavy atom. The van der Waals surface area contributed by atoms with Gasteiger partial charge in [-0.15, -0.1) is 0 Å². The first-order chi connectivity index (χ1) is 13.1. The lowest BCUT2D eigenvalue weighted by Crippen LogP contribution is -2.13. The summed E-state index contributed by atoms with van der Waals surface area (Å²) >= 11 is 0. The highest BCUT2D eigenvalue weighted by molar-refractivity contribution is 5.92. The smallest absolute Gasteiger partial charge is 0.272 e. The van der Waals surface area contributed by atoms with E-state index in [1.54, 1.807) is 0 Å². The fraction of sp³-hybridized carbons (Fsp3) is 0.316. The first-order valence-electron chi connectivity index (χ1n) is 8.86. The molecular weight excluding hydrogens is 348 g/mol. The number of nitrogens with one attached hydrogen (secondary N) is 1. The van der Waals surface area contributed by atoms with Gasteiger partial charge in [0.25, 0.3) is 5.69 Å². The molecular formula is C19H20N4O4. The summed E-state index contributed by atoms with van der Waals surface area (Å²) in [5, 5.41) is 26.6. The third-order valence-electron chi connectivity index (χ3n) is 4.74. The van der Waals surface area contributed by atoms with Crippen LogP contribution in [0.4, 0.5) is 17.1 Å². The Hall–Kier alpha value is -3.29. The van der Waals surface area contributed by atoms with E-state index in [1.807, 2.05) is 18.2 Å². The van der Waals surface area contributed by atoms with Gasteiger partial charge in [0.15, 0.2) is 0 Å². The Morgan fingerprint density at radius 2 is 1.74 bits per heavy atom. The van der Waals surface area contributed by atoms with Crippen LogP contribution in [0.15, 0.2) is 53.6 Å². The Balaban J connectivity index is 1.90. The van der Waals surface area contributed by atoms with Crippen molar-refractivity contribution in [3.63, 3.8) is 0 Å². The monoisotopic (exact) mass is 368 g/mol. The molecule has 1 aliphatic rings. The molecule has 1 saturated carbocycles. The molecule has 0 heterocycles. The van der Waals surface area contributed by atoms with Crippen molar-refractivity contribution in [2.24, 2.45) is 5.10 Å². The number of hydrogen-bond acceptors (Lipinski definition) is 6. The van der Waals surface area contributed by atoms with E-state index in [0.29, 0.717) is 0 Å². The fourth-order valence-corrected chi connectivity index (χ4v) is 3.36. The minimum Gasteiger partial charge on any atom is -0.272 e. The largest absolute Gasteiger partial charge is 0.301 e. The third-order valence-corrected chi connectivity index (χ3v) is 4.74. The van der Waals surface area contributed by atoms with Crippen LogP contribution in [-0.2, 0) is 0 Å². The van der Waals surface area contributed by atoms with Crippen LogP contribution in [-0.4, -0.2) is 15.6 Å². The summed E-state index contributed by atoms with van der Waals surface area (Å²) in [6.45, 7) is 0. The summed E-state index contributed by atoms with van der Waals surface area (Å²) in [6, 6.07) is 13.6. The summed E-state index contributed by atoms with van der Waals surface area (Å²) in [6.07, 6.45) is 5.04. The first kappa shape index (κ1) is 18.5. The Kier molecular flexibility index (Phi) is 5.75. The van der Waals surface area contributed by atoms with Crippen LogP contribution in [0.5, 0.6) is 0 Å². The molecule has 2 aromatic rings. The number of nitro groups is 2. The van der Waals surface area contributed by atoms with Gasteiger partial charge in [0.05, 0.1) is 15.9 Å². The van der Waals surface area contributed by atoms with Crippen molar-refractivity contribution in [3.05, 3.63) is 74.3 Å². The van der Waals surface area contributed by atoms with Crippen LogP contribution in [0.1, 0.15) is 43.6 Å². The van der Waals surface area contributed by atoms with Gasteiger partial charge in [-0.25, -0.2) is 0 Å². The minimum atomic E-state index is -0.653. The number of hydrogen-bond donors (Lipinski definition) is 1. The van der Waals surface area contributed by atoms with Crippen LogP contribution in [0.2, 0.25) is 0 Å². The van der Waals surface area contributed by atoms with Crippen molar-refractivity contribution >= 4 is 22.8 Å². The lowest BCUT2D eigenvalue weighted by molar-refractivity contribution is -0.393. The van der Waals surface area contributed by atoms with E-state index in [4.69, 9.17) is 0 Å². The van der Waals surface area contributed by atoms with E-state index >= 15 is 0 Å². The average Bonchev–Trinajstić information content (AvgIpc) is 2.92. The van der Waals surface area contributed by atoms with E-state index in [0.717, 1.165) is 43.9 Å². The van der Waals surface area contributed by atoms with Gasteiger partial charge in [-0.05, 0) is 30.9 Å². The summed E-state index contributed by atoms with van der Waals surface area (Å²) in [5.74, 6) is 0.165. The molecule has 0 amide bonds. The molecule has 0 aliphatic heterocycles. The SMILES string of the molecule is O=[N+]([O-])c1ccc(NN=C2CCCCCC2c2ccccc2)c([N+](=O)[O-])c1. The molecule has 0 saturated heterocycles. The van der Waals surface area contributed by atoms with Gasteiger partial charge in [-0.1, -0.05) is 43.2 Å². The summed E-state index contributed by atoms with van der Waals surface area (Å²) in [4.78, 5) is 20.9. The van der Waals surface area contributed by atoms with Gasteiger partial charge < -0.3 is 0 Å². The zero-order valence-electron chi connectivity index (χ0n) is 14.7. The maximum absolute atomic E-state index is 11.3. The Morgan fingerprint density at radius 1 is 0.963 bits per heavy atom. The second-order valence-corrected chi connectivity index (χ2v) is 6.49. The molecule has 27 heavy (non-hydrogen) atoms. The standard InChI is InChI=1S/C19H20N4O4/c24-22(25)15-11-12-18(19(13-15)23(26)27)21-20-17-10-6-2-5-9-16(17)14-7-3-1-4-8-14/h1,3-4,7-8,11-13,16,21H,2,5-6,9-10H2. The fourth-order valence-electron chi connectivity index (χ4n) is 3.36. The Bertz CT molecular complexity index is 867. The first-order valence-corrected chi connectivity index (χ1v) is 8.86. The molecule has 1 aliphatic carbocycles. The van der Waals surface area contributed by atoms with Crippen molar-refractivity contribution in [3.8, 4) is 0 Å². The second-order valence-electron chi connectivity index (χ2n) is 6.49. The van der Waals surface area contributed by atoms with E-state index in [1.165, 1.54) is 17.7 Å². The van der Waals surface area contributed by atoms with Crippen molar-refractivity contribution < 1.29 is 9.85 Å². The maximum Gasteiger partial charge on any atom is 0.301 e. The predicted octanol–water partition coefficient (Wildman–Crippen LogP) is 5.02. The number of nitrogens with zero attached hydrogens (tertiary/aromatic N) is 3. The van der Waals surface area contributed by atoms with Crippen LogP contribution >= 0.6 is 0 Å². The van der Waals surface area contributed by atoms with E-state index in [9.17, 15) is 20.2 Å². The van der Waals surface area contributed by atoms with Gasteiger partial charge in [-0.3, -0.25) is 25.7 Å². The molecule has 0 bridgehead atoms. The molecule has 3 rings (SSSR count). The second kappa shape index (κ2) is 8.39. The highest BCUT2D eigenvalue weighted by Crippen LogP contribution is 2.32. The minimum absolute atomic E-state index is 0.147. The summed E-state index contributed by atoms with van der Waals surface area (Å²) in [5.41, 5.74) is 4.37. The molecule has 1 fully saturated rings. The zero-order valence-corrected chi connectivity index (χ0v) is 14.7. The van der Waals surface area contributed by atoms with E-state index < -0.39 is 9.85 Å². The molecule has 0 aromatic heterocycles. The molecule has 1 atom stereocenters. The van der Waals surface area contributed by atoms with Gasteiger partial charge in [0.2, 0.25) is 0 Å². The van der Waals surface area contributed by atoms with Crippen LogP contribution in [0.3, 0.4) is 0 Å². The van der Waals surface area contributed by atoms with E-state index in [2.05, 4.69) is 22.7 Å². The molecule has 0 radical (unpaired) electrons. The van der Waals surface area contributed by atoms with Crippen molar-refractivity contribution in [1.82, 2.24) is 0 Å². The molecule has 1 unspecified atom stereocenters. The summed E-state index contributed by atoms with van der Waals surface area (Å²) < 4.78 is 0. The number of hydrazone groups is 1. The molecule has 1 N–H and O–H groups in total. The van der Waals surface area contributed by atoms with Crippen LogP contribution < -0.4 is 5.43 Å². The van der Waals surface area contributed by atoms with Gasteiger partial charge in [-0.2, -0.15) is 5.10 Å². The Labute approximate surface area is 156 Å². The van der Waals surface area contributed by atoms with Crippen LogP contribution in [0.25, 0.3) is 0 Å². The van der Waals surface area contributed by atoms with Crippen molar-refractivity contribution in [2.75, 3.05) is 5.43 Å². The van der Waals surface area contributed by atoms with Gasteiger partial charge in [0.1, 0.15) is 5.69 Å².